The first-order valence-corrected chi connectivity index (χ1v) is 31.5. The second-order valence-electron chi connectivity index (χ2n) is 20.2. The smallest absolute Gasteiger partial charge is 0.306 e. The van der Waals surface area contributed by atoms with Gasteiger partial charge >= 0.3 is 17.9 Å². The van der Waals surface area contributed by atoms with E-state index in [0.29, 0.717) is 19.3 Å². The summed E-state index contributed by atoms with van der Waals surface area (Å²) in [6.07, 6.45) is 94.2. The monoisotopic (exact) mass is 1070 g/mol. The first-order valence-electron chi connectivity index (χ1n) is 31.5. The molecule has 0 aromatic rings. The fourth-order valence-corrected chi connectivity index (χ4v) is 8.13. The van der Waals surface area contributed by atoms with Crippen molar-refractivity contribution in [3.05, 3.63) is 158 Å². The number of carbonyl (C=O) groups is 3. The zero-order valence-corrected chi connectivity index (χ0v) is 50.1. The lowest BCUT2D eigenvalue weighted by Crippen LogP contribution is -2.30. The molecule has 0 spiro atoms. The molecule has 0 aliphatic rings. The van der Waals surface area contributed by atoms with E-state index in [2.05, 4.69) is 179 Å². The quantitative estimate of drug-likeness (QED) is 0.0261. The summed E-state index contributed by atoms with van der Waals surface area (Å²) in [5.41, 5.74) is 0. The van der Waals surface area contributed by atoms with Crippen LogP contribution < -0.4 is 0 Å². The zero-order chi connectivity index (χ0) is 56.4. The van der Waals surface area contributed by atoms with E-state index in [0.717, 1.165) is 167 Å². The van der Waals surface area contributed by atoms with Crippen molar-refractivity contribution in [2.75, 3.05) is 13.2 Å². The molecule has 438 valence electrons. The minimum Gasteiger partial charge on any atom is -0.462 e. The highest BCUT2D eigenvalue weighted by Gasteiger charge is 2.19. The maximum absolute atomic E-state index is 12.8. The molecule has 0 N–H and O–H groups in total. The van der Waals surface area contributed by atoms with Gasteiger partial charge in [-0.25, -0.2) is 0 Å². The van der Waals surface area contributed by atoms with Crippen molar-refractivity contribution < 1.29 is 28.6 Å². The van der Waals surface area contributed by atoms with Gasteiger partial charge in [-0.2, -0.15) is 0 Å². The van der Waals surface area contributed by atoms with Crippen LogP contribution in [-0.2, 0) is 28.6 Å². The van der Waals surface area contributed by atoms with Crippen LogP contribution in [0.4, 0.5) is 0 Å². The number of allylic oxidation sites excluding steroid dienone is 26. The molecule has 0 bridgehead atoms. The van der Waals surface area contributed by atoms with E-state index >= 15 is 0 Å². The number of rotatable bonds is 55. The van der Waals surface area contributed by atoms with Gasteiger partial charge in [0.15, 0.2) is 6.10 Å². The standard InChI is InChI=1S/C72H114O6/c1-4-7-10-13-16-18-20-22-24-26-28-30-32-33-34-35-36-37-38-39-41-42-44-46-48-50-52-54-56-59-62-65-71(74)77-68-69(67-76-70(73)64-61-58-15-12-9-6-3)78-72(75)66-63-60-57-55-53-51-49-47-45-43-40-31-29-27-25-23-21-19-17-14-11-8-5-2/h7-8,10-11,16-19,22-25,28-31,33-34,36-37,39,41,43-46,69H,4-6,9,12-15,20-21,26-27,32,35,38,40,42,47-68H2,1-3H3/b10-7-,11-8-,18-16-,19-17-,24-22-,25-23-,30-28-,31-29-,34-33-,37-36-,41-39-,45-43-,46-44-. The van der Waals surface area contributed by atoms with Crippen molar-refractivity contribution in [1.29, 1.82) is 0 Å². The average molecular weight is 1080 g/mol. The summed E-state index contributed by atoms with van der Waals surface area (Å²) in [5, 5.41) is 0. The number of carbonyl (C=O) groups excluding carboxylic acids is 3. The summed E-state index contributed by atoms with van der Waals surface area (Å²) in [6, 6.07) is 0. The third-order valence-corrected chi connectivity index (χ3v) is 12.8. The topological polar surface area (TPSA) is 78.9 Å². The van der Waals surface area contributed by atoms with E-state index in [1.807, 2.05) is 0 Å². The average Bonchev–Trinajstić information content (AvgIpc) is 3.44. The lowest BCUT2D eigenvalue weighted by Gasteiger charge is -2.18. The van der Waals surface area contributed by atoms with E-state index in [4.69, 9.17) is 14.2 Å². The number of hydrogen-bond acceptors (Lipinski definition) is 6. The van der Waals surface area contributed by atoms with Crippen LogP contribution in [0.5, 0.6) is 0 Å². The lowest BCUT2D eigenvalue weighted by atomic mass is 10.1. The molecule has 6 nitrogen and oxygen atoms in total. The van der Waals surface area contributed by atoms with Crippen LogP contribution in [0.3, 0.4) is 0 Å². The molecule has 6 heteroatoms. The summed E-state index contributed by atoms with van der Waals surface area (Å²) in [5.74, 6) is -0.934. The van der Waals surface area contributed by atoms with E-state index in [1.54, 1.807) is 0 Å². The Morgan fingerprint density at radius 1 is 0.269 bits per heavy atom. The first-order chi connectivity index (χ1) is 38.5. The number of ether oxygens (including phenoxy) is 3. The van der Waals surface area contributed by atoms with Crippen molar-refractivity contribution in [3.8, 4) is 0 Å². The Morgan fingerprint density at radius 3 is 0.782 bits per heavy atom. The van der Waals surface area contributed by atoms with Crippen molar-refractivity contribution in [2.24, 2.45) is 0 Å². The molecule has 0 aromatic carbocycles. The van der Waals surface area contributed by atoms with Gasteiger partial charge in [0, 0.05) is 19.3 Å². The van der Waals surface area contributed by atoms with Crippen molar-refractivity contribution in [2.45, 2.75) is 264 Å². The molecular weight excluding hydrogens is 961 g/mol. The molecule has 0 fully saturated rings. The van der Waals surface area contributed by atoms with Gasteiger partial charge in [0.25, 0.3) is 0 Å². The van der Waals surface area contributed by atoms with Crippen LogP contribution in [0, 0.1) is 0 Å². The molecule has 0 radical (unpaired) electrons. The summed E-state index contributed by atoms with van der Waals surface area (Å²) >= 11 is 0. The maximum atomic E-state index is 12.8. The zero-order valence-electron chi connectivity index (χ0n) is 50.1. The van der Waals surface area contributed by atoms with Gasteiger partial charge in [0.2, 0.25) is 0 Å². The summed E-state index contributed by atoms with van der Waals surface area (Å²) < 4.78 is 16.8. The van der Waals surface area contributed by atoms with Gasteiger partial charge in [-0.15, -0.1) is 0 Å². The SMILES string of the molecule is CC/C=C\C/C=C\C/C=C\C/C=C\C/C=C\C/C=C\C/C=C\C/C=C\CCCCCCCCC(=O)OCC(COC(=O)CCCCCCCC)OC(=O)CCCCCCCCC/C=C\C/C=C\C/C=C\C/C=C\C/C=C\CC. The Balaban J connectivity index is 4.20. The predicted molar refractivity (Wildman–Crippen MR) is 338 cm³/mol. The first kappa shape index (κ1) is 73.0. The fourth-order valence-electron chi connectivity index (χ4n) is 8.13. The molecule has 0 aliphatic heterocycles. The molecule has 0 aliphatic carbocycles. The Kier molecular flexibility index (Phi) is 60.4. The van der Waals surface area contributed by atoms with Crippen molar-refractivity contribution in [1.82, 2.24) is 0 Å². The van der Waals surface area contributed by atoms with Gasteiger partial charge in [0.05, 0.1) is 0 Å². The van der Waals surface area contributed by atoms with E-state index in [9.17, 15) is 14.4 Å². The van der Waals surface area contributed by atoms with Crippen molar-refractivity contribution >= 4 is 17.9 Å². The second kappa shape index (κ2) is 64.6. The van der Waals surface area contributed by atoms with Crippen LogP contribution in [0.25, 0.3) is 0 Å². The number of unbranched alkanes of at least 4 members (excludes halogenated alkanes) is 18. The highest BCUT2D eigenvalue weighted by Crippen LogP contribution is 2.14. The maximum Gasteiger partial charge on any atom is 0.306 e. The Hall–Kier alpha value is -4.97. The van der Waals surface area contributed by atoms with Crippen LogP contribution in [0.15, 0.2) is 158 Å². The summed E-state index contributed by atoms with van der Waals surface area (Å²) in [6.45, 7) is 6.32. The Labute approximate surface area is 480 Å². The molecule has 0 saturated heterocycles. The molecular formula is C72H114O6. The van der Waals surface area contributed by atoms with Crippen LogP contribution in [0.1, 0.15) is 258 Å². The van der Waals surface area contributed by atoms with Gasteiger partial charge in [0.1, 0.15) is 13.2 Å². The number of esters is 3. The molecule has 0 heterocycles. The largest absolute Gasteiger partial charge is 0.462 e. The summed E-state index contributed by atoms with van der Waals surface area (Å²) in [7, 11) is 0. The van der Waals surface area contributed by atoms with Crippen LogP contribution in [-0.4, -0.2) is 37.2 Å². The van der Waals surface area contributed by atoms with Gasteiger partial charge in [-0.1, -0.05) is 269 Å². The Morgan fingerprint density at radius 2 is 0.500 bits per heavy atom. The van der Waals surface area contributed by atoms with Crippen molar-refractivity contribution in [3.63, 3.8) is 0 Å². The van der Waals surface area contributed by atoms with Gasteiger partial charge in [-0.3, -0.25) is 14.4 Å². The lowest BCUT2D eigenvalue weighted by molar-refractivity contribution is -0.167. The van der Waals surface area contributed by atoms with Crippen LogP contribution in [0.2, 0.25) is 0 Å². The van der Waals surface area contributed by atoms with Gasteiger partial charge < -0.3 is 14.2 Å². The Bertz CT molecular complexity index is 1760. The second-order valence-corrected chi connectivity index (χ2v) is 20.2. The van der Waals surface area contributed by atoms with E-state index in [-0.39, 0.29) is 31.1 Å². The minimum atomic E-state index is -0.795. The van der Waals surface area contributed by atoms with Gasteiger partial charge in [-0.05, 0) is 128 Å². The molecule has 78 heavy (non-hydrogen) atoms. The molecule has 0 amide bonds. The molecule has 1 atom stereocenters. The highest BCUT2D eigenvalue weighted by molar-refractivity contribution is 5.71. The molecule has 1 unspecified atom stereocenters. The number of hydrogen-bond donors (Lipinski definition) is 0. The minimum absolute atomic E-state index is 0.0930. The third kappa shape index (κ3) is 61.9. The molecule has 0 saturated carbocycles. The predicted octanol–water partition coefficient (Wildman–Crippen LogP) is 21.7. The molecule has 0 aromatic heterocycles. The third-order valence-electron chi connectivity index (χ3n) is 12.8. The summed E-state index contributed by atoms with van der Waals surface area (Å²) in [4.78, 5) is 38.0. The van der Waals surface area contributed by atoms with E-state index < -0.39 is 6.10 Å². The molecule has 0 rings (SSSR count). The normalized spacial score (nSPS) is 13.2. The highest BCUT2D eigenvalue weighted by atomic mass is 16.6. The fraction of sp³-hybridized carbons (Fsp3) is 0.597. The van der Waals surface area contributed by atoms with E-state index in [1.165, 1.54) is 51.4 Å². The van der Waals surface area contributed by atoms with Crippen LogP contribution >= 0.6 is 0 Å².